The van der Waals surface area contributed by atoms with Crippen LogP contribution in [-0.2, 0) is 9.53 Å². The molecule has 1 atom stereocenters. The molecule has 0 amide bonds. The summed E-state index contributed by atoms with van der Waals surface area (Å²) in [4.78, 5) is 14.6. The SMILES string of the molecule is CC(C)(C)C1=NCC(CC(=O)O)O1. The molecule has 0 radical (unpaired) electrons. The Morgan fingerprint density at radius 2 is 2.31 bits per heavy atom. The van der Waals surface area contributed by atoms with Gasteiger partial charge in [-0.25, -0.2) is 0 Å². The van der Waals surface area contributed by atoms with Gasteiger partial charge in [0, 0.05) is 5.41 Å². The minimum Gasteiger partial charge on any atom is -0.481 e. The van der Waals surface area contributed by atoms with Crippen molar-refractivity contribution in [1.29, 1.82) is 0 Å². The molecule has 1 heterocycles. The van der Waals surface area contributed by atoms with Crippen LogP contribution in [0.2, 0.25) is 0 Å². The molecule has 0 saturated heterocycles. The second kappa shape index (κ2) is 3.36. The maximum atomic E-state index is 10.4. The van der Waals surface area contributed by atoms with Crippen LogP contribution in [0, 0.1) is 5.41 Å². The number of aliphatic carboxylic acids is 1. The van der Waals surface area contributed by atoms with E-state index in [0.29, 0.717) is 12.4 Å². The summed E-state index contributed by atoms with van der Waals surface area (Å²) in [5.41, 5.74) is -0.118. The van der Waals surface area contributed by atoms with E-state index in [4.69, 9.17) is 9.84 Å². The maximum absolute atomic E-state index is 10.4. The second-order valence-corrected chi connectivity index (χ2v) is 4.23. The van der Waals surface area contributed by atoms with Crippen molar-refractivity contribution in [3.63, 3.8) is 0 Å². The fraction of sp³-hybridized carbons (Fsp3) is 0.778. The molecule has 0 aliphatic carbocycles. The number of rotatable bonds is 2. The first kappa shape index (κ1) is 10.0. The van der Waals surface area contributed by atoms with E-state index >= 15 is 0 Å². The van der Waals surface area contributed by atoms with Crippen LogP contribution in [0.5, 0.6) is 0 Å². The minimum atomic E-state index is -0.838. The first-order valence-corrected chi connectivity index (χ1v) is 4.33. The van der Waals surface area contributed by atoms with E-state index in [2.05, 4.69) is 4.99 Å². The monoisotopic (exact) mass is 185 g/mol. The average molecular weight is 185 g/mol. The summed E-state index contributed by atoms with van der Waals surface area (Å²) in [6, 6.07) is 0. The molecule has 0 aromatic heterocycles. The predicted octanol–water partition coefficient (Wildman–Crippen LogP) is 1.30. The Morgan fingerprint density at radius 3 is 2.69 bits per heavy atom. The van der Waals surface area contributed by atoms with E-state index in [9.17, 15) is 4.79 Å². The van der Waals surface area contributed by atoms with Crippen LogP contribution in [0.3, 0.4) is 0 Å². The summed E-state index contributed by atoms with van der Waals surface area (Å²) in [7, 11) is 0. The Kier molecular flexibility index (Phi) is 2.59. The summed E-state index contributed by atoms with van der Waals surface area (Å²) in [6.45, 7) is 6.46. The molecule has 1 N–H and O–H groups in total. The molecule has 1 rings (SSSR count). The van der Waals surface area contributed by atoms with Crippen molar-refractivity contribution in [3.05, 3.63) is 0 Å². The maximum Gasteiger partial charge on any atom is 0.307 e. The zero-order valence-corrected chi connectivity index (χ0v) is 8.20. The summed E-state index contributed by atoms with van der Waals surface area (Å²) >= 11 is 0. The molecule has 0 spiro atoms. The Balaban J connectivity index is 2.47. The molecule has 0 aromatic carbocycles. The molecule has 1 aliphatic rings. The van der Waals surface area contributed by atoms with Crippen LogP contribution in [0.4, 0.5) is 0 Å². The van der Waals surface area contributed by atoms with Gasteiger partial charge in [0.15, 0.2) is 5.90 Å². The van der Waals surface area contributed by atoms with Crippen molar-refractivity contribution in [2.75, 3.05) is 6.54 Å². The third kappa shape index (κ3) is 2.72. The smallest absolute Gasteiger partial charge is 0.307 e. The van der Waals surface area contributed by atoms with Gasteiger partial charge in [-0.2, -0.15) is 0 Å². The molecule has 1 unspecified atom stereocenters. The number of hydrogen-bond donors (Lipinski definition) is 1. The Bertz CT molecular complexity index is 240. The number of carboxylic acid groups (broad SMARTS) is 1. The molecule has 74 valence electrons. The highest BCUT2D eigenvalue weighted by Gasteiger charge is 2.29. The van der Waals surface area contributed by atoms with Crippen LogP contribution < -0.4 is 0 Å². The lowest BCUT2D eigenvalue weighted by Crippen LogP contribution is -2.24. The van der Waals surface area contributed by atoms with Crippen molar-refractivity contribution in [2.24, 2.45) is 10.4 Å². The molecule has 4 heteroatoms. The average Bonchev–Trinajstić information content (AvgIpc) is 2.32. The van der Waals surface area contributed by atoms with Gasteiger partial charge < -0.3 is 9.84 Å². The zero-order valence-electron chi connectivity index (χ0n) is 8.20. The van der Waals surface area contributed by atoms with Crippen molar-refractivity contribution >= 4 is 11.9 Å². The van der Waals surface area contributed by atoms with Gasteiger partial charge in [-0.3, -0.25) is 9.79 Å². The molecule has 0 saturated carbocycles. The largest absolute Gasteiger partial charge is 0.481 e. The van der Waals surface area contributed by atoms with E-state index in [1.807, 2.05) is 20.8 Å². The third-order valence-corrected chi connectivity index (χ3v) is 1.76. The molecule has 4 nitrogen and oxygen atoms in total. The highest BCUT2D eigenvalue weighted by Crippen LogP contribution is 2.23. The van der Waals surface area contributed by atoms with E-state index in [0.717, 1.165) is 0 Å². The lowest BCUT2D eigenvalue weighted by Gasteiger charge is -2.19. The van der Waals surface area contributed by atoms with Gasteiger partial charge in [0.25, 0.3) is 0 Å². The number of aliphatic imine (C=N–C) groups is 1. The number of carbonyl (C=O) groups is 1. The number of hydrogen-bond acceptors (Lipinski definition) is 3. The Labute approximate surface area is 77.6 Å². The van der Waals surface area contributed by atoms with Gasteiger partial charge in [-0.1, -0.05) is 20.8 Å². The standard InChI is InChI=1S/C9H15NO3/c1-9(2,3)8-10-5-6(13-8)4-7(11)12/h6H,4-5H2,1-3H3,(H,11,12). The van der Waals surface area contributed by atoms with Crippen molar-refractivity contribution < 1.29 is 14.6 Å². The van der Waals surface area contributed by atoms with Gasteiger partial charge in [0.2, 0.25) is 0 Å². The first-order chi connectivity index (χ1) is 5.89. The quantitative estimate of drug-likeness (QED) is 0.705. The number of ether oxygens (including phenoxy) is 1. The molecule has 1 aliphatic heterocycles. The van der Waals surface area contributed by atoms with Crippen LogP contribution in [0.1, 0.15) is 27.2 Å². The van der Waals surface area contributed by atoms with Crippen molar-refractivity contribution in [2.45, 2.75) is 33.3 Å². The van der Waals surface area contributed by atoms with Crippen LogP contribution in [0.25, 0.3) is 0 Å². The molecular weight excluding hydrogens is 170 g/mol. The Hall–Kier alpha value is -1.06. The van der Waals surface area contributed by atoms with Gasteiger partial charge in [0.05, 0.1) is 13.0 Å². The highest BCUT2D eigenvalue weighted by atomic mass is 16.5. The normalized spacial score (nSPS) is 22.4. The lowest BCUT2D eigenvalue weighted by atomic mass is 9.97. The fourth-order valence-electron chi connectivity index (χ4n) is 1.13. The number of carboxylic acids is 1. The van der Waals surface area contributed by atoms with Crippen LogP contribution >= 0.6 is 0 Å². The third-order valence-electron chi connectivity index (χ3n) is 1.76. The summed E-state index contributed by atoms with van der Waals surface area (Å²) in [5, 5.41) is 8.53. The summed E-state index contributed by atoms with van der Waals surface area (Å²) in [5.74, 6) is -0.172. The second-order valence-electron chi connectivity index (χ2n) is 4.23. The summed E-state index contributed by atoms with van der Waals surface area (Å²) in [6.07, 6.45) is -0.241. The van der Waals surface area contributed by atoms with Gasteiger partial charge in [0.1, 0.15) is 6.10 Å². The molecule has 0 bridgehead atoms. The topological polar surface area (TPSA) is 58.9 Å². The molecular formula is C9H15NO3. The number of nitrogens with zero attached hydrogens (tertiary/aromatic N) is 1. The first-order valence-electron chi connectivity index (χ1n) is 4.33. The predicted molar refractivity (Wildman–Crippen MR) is 48.9 cm³/mol. The molecule has 13 heavy (non-hydrogen) atoms. The van der Waals surface area contributed by atoms with E-state index in [1.54, 1.807) is 0 Å². The van der Waals surface area contributed by atoms with E-state index in [1.165, 1.54) is 0 Å². The van der Waals surface area contributed by atoms with E-state index in [-0.39, 0.29) is 17.9 Å². The summed E-state index contributed by atoms with van der Waals surface area (Å²) < 4.78 is 5.41. The van der Waals surface area contributed by atoms with E-state index < -0.39 is 5.97 Å². The Morgan fingerprint density at radius 1 is 1.69 bits per heavy atom. The van der Waals surface area contributed by atoms with Crippen LogP contribution in [0.15, 0.2) is 4.99 Å². The van der Waals surface area contributed by atoms with Crippen molar-refractivity contribution in [3.8, 4) is 0 Å². The molecule has 0 fully saturated rings. The minimum absolute atomic E-state index is 0.0308. The lowest BCUT2D eigenvalue weighted by molar-refractivity contribution is -0.138. The van der Waals surface area contributed by atoms with Gasteiger partial charge in [-0.15, -0.1) is 0 Å². The molecule has 0 aromatic rings. The van der Waals surface area contributed by atoms with Gasteiger partial charge >= 0.3 is 5.97 Å². The fourth-order valence-corrected chi connectivity index (χ4v) is 1.13. The van der Waals surface area contributed by atoms with Crippen LogP contribution in [-0.4, -0.2) is 29.6 Å². The zero-order chi connectivity index (χ0) is 10.1. The van der Waals surface area contributed by atoms with Crippen molar-refractivity contribution in [1.82, 2.24) is 0 Å². The van der Waals surface area contributed by atoms with Gasteiger partial charge in [-0.05, 0) is 0 Å². The highest BCUT2D eigenvalue weighted by molar-refractivity contribution is 5.83.